The Morgan fingerprint density at radius 2 is 1.65 bits per heavy atom. The predicted octanol–water partition coefficient (Wildman–Crippen LogP) is 6.78. The second kappa shape index (κ2) is 10.5. The van der Waals surface area contributed by atoms with Crippen LogP contribution < -0.4 is 10.2 Å². The van der Waals surface area contributed by atoms with E-state index in [4.69, 9.17) is 16.3 Å². The summed E-state index contributed by atoms with van der Waals surface area (Å²) in [5.74, 6) is -0.589. The molecule has 5 aromatic rings. The van der Waals surface area contributed by atoms with Gasteiger partial charge in [0.1, 0.15) is 11.4 Å². The molecular weight excluding hydrogens is 486 g/mol. The van der Waals surface area contributed by atoms with Gasteiger partial charge in [0.2, 0.25) is 0 Å². The first-order valence-electron chi connectivity index (χ1n) is 11.6. The minimum absolute atomic E-state index is 0.326. The van der Waals surface area contributed by atoms with Crippen molar-refractivity contribution in [2.24, 2.45) is 5.10 Å². The topological polar surface area (TPSA) is 83.6 Å². The predicted molar refractivity (Wildman–Crippen MR) is 146 cm³/mol. The van der Waals surface area contributed by atoms with Gasteiger partial charge in [-0.15, -0.1) is 0 Å². The first-order chi connectivity index (χ1) is 18.0. The number of aryl methyl sites for hydroxylation is 1. The molecule has 0 bridgehead atoms. The van der Waals surface area contributed by atoms with E-state index in [2.05, 4.69) is 15.5 Å². The Morgan fingerprint density at radius 1 is 0.919 bits per heavy atom. The lowest BCUT2D eigenvalue weighted by Gasteiger charge is -2.08. The third kappa shape index (κ3) is 5.15. The van der Waals surface area contributed by atoms with Crippen LogP contribution in [0.3, 0.4) is 0 Å². The van der Waals surface area contributed by atoms with Gasteiger partial charge in [0.15, 0.2) is 0 Å². The van der Waals surface area contributed by atoms with Gasteiger partial charge in [0, 0.05) is 32.6 Å². The van der Waals surface area contributed by atoms with Crippen molar-refractivity contribution in [2.75, 3.05) is 0 Å². The molecule has 1 aromatic heterocycles. The maximum Gasteiger partial charge on any atom is 0.343 e. The molecule has 4 aromatic carbocycles. The summed E-state index contributed by atoms with van der Waals surface area (Å²) < 4.78 is 5.55. The summed E-state index contributed by atoms with van der Waals surface area (Å²) in [7, 11) is 0. The highest BCUT2D eigenvalue weighted by atomic mass is 35.5. The molecule has 0 radical (unpaired) electrons. The number of benzene rings is 4. The maximum absolute atomic E-state index is 13.3. The van der Waals surface area contributed by atoms with E-state index < -0.39 is 11.9 Å². The first-order valence-corrected chi connectivity index (χ1v) is 12.0. The van der Waals surface area contributed by atoms with Gasteiger partial charge in [-0.3, -0.25) is 4.79 Å². The minimum Gasteiger partial charge on any atom is -0.422 e. The van der Waals surface area contributed by atoms with E-state index in [-0.39, 0.29) is 0 Å². The van der Waals surface area contributed by atoms with Crippen molar-refractivity contribution in [2.45, 2.75) is 6.92 Å². The van der Waals surface area contributed by atoms with E-state index in [9.17, 15) is 9.59 Å². The van der Waals surface area contributed by atoms with Crippen molar-refractivity contribution in [3.8, 4) is 16.9 Å². The molecule has 6 nitrogen and oxygen atoms in total. The number of hydrazone groups is 1. The van der Waals surface area contributed by atoms with E-state index in [0.29, 0.717) is 33.2 Å². The van der Waals surface area contributed by atoms with Crippen LogP contribution >= 0.6 is 11.6 Å². The zero-order chi connectivity index (χ0) is 25.8. The van der Waals surface area contributed by atoms with Crippen LogP contribution in [0.5, 0.6) is 5.75 Å². The number of hydrogen-bond donors (Lipinski definition) is 2. The van der Waals surface area contributed by atoms with E-state index >= 15 is 0 Å². The molecule has 182 valence electrons. The number of rotatable bonds is 6. The summed E-state index contributed by atoms with van der Waals surface area (Å²) in [6.07, 6.45) is 1.44. The summed E-state index contributed by atoms with van der Waals surface area (Å²) in [4.78, 5) is 29.0. The van der Waals surface area contributed by atoms with E-state index in [1.165, 1.54) is 6.21 Å². The number of H-pyrrole nitrogens is 1. The van der Waals surface area contributed by atoms with Gasteiger partial charge in [0.25, 0.3) is 5.91 Å². The average molecular weight is 508 g/mol. The SMILES string of the molecule is Cc1ccc2[nH]c(C(=O)NN=Cc3ccccc3OC(=O)c3ccccc3)c(-c3ccccc3Cl)c2c1. The average Bonchev–Trinajstić information content (AvgIpc) is 3.29. The summed E-state index contributed by atoms with van der Waals surface area (Å²) in [6.45, 7) is 1.99. The molecule has 0 aliphatic heterocycles. The molecular formula is C30H22ClN3O3. The van der Waals surface area contributed by atoms with Crippen LogP contribution in [0.1, 0.15) is 32.0 Å². The van der Waals surface area contributed by atoms with Crippen LogP contribution in [0, 0.1) is 6.92 Å². The molecule has 0 saturated heterocycles. The van der Waals surface area contributed by atoms with Crippen LogP contribution in [0.15, 0.2) is 102 Å². The van der Waals surface area contributed by atoms with Crippen molar-refractivity contribution in [3.63, 3.8) is 0 Å². The van der Waals surface area contributed by atoms with Crippen molar-refractivity contribution in [1.82, 2.24) is 10.4 Å². The Bertz CT molecular complexity index is 1640. The molecule has 0 fully saturated rings. The number of ether oxygens (including phenoxy) is 1. The Balaban J connectivity index is 1.42. The molecule has 0 atom stereocenters. The molecule has 1 heterocycles. The van der Waals surface area contributed by atoms with E-state index in [1.54, 1.807) is 54.6 Å². The Hall–Kier alpha value is -4.68. The number of para-hydroxylation sites is 1. The lowest BCUT2D eigenvalue weighted by atomic mass is 10.0. The van der Waals surface area contributed by atoms with Gasteiger partial charge in [0.05, 0.1) is 11.8 Å². The molecule has 7 heteroatoms. The molecule has 37 heavy (non-hydrogen) atoms. The molecule has 0 aliphatic rings. The van der Waals surface area contributed by atoms with Gasteiger partial charge in [-0.2, -0.15) is 5.10 Å². The Morgan fingerprint density at radius 3 is 2.46 bits per heavy atom. The minimum atomic E-state index is -0.483. The van der Waals surface area contributed by atoms with Crippen LogP contribution in [0.4, 0.5) is 0 Å². The fraction of sp³-hybridized carbons (Fsp3) is 0.0333. The molecule has 5 rings (SSSR count). The zero-order valence-electron chi connectivity index (χ0n) is 19.9. The number of aromatic nitrogens is 1. The molecule has 0 spiro atoms. The van der Waals surface area contributed by atoms with Crippen LogP contribution in [-0.4, -0.2) is 23.1 Å². The standard InChI is InChI=1S/C30H22ClN3O3/c1-19-15-16-25-23(17-19)27(22-12-6-7-13-24(22)31)28(33-25)29(35)34-32-18-21-11-5-8-14-26(21)37-30(36)20-9-3-2-4-10-20/h2-18,33H,1H3,(H,34,35). The Labute approximate surface area is 218 Å². The summed E-state index contributed by atoms with van der Waals surface area (Å²) in [5, 5.41) is 5.56. The highest BCUT2D eigenvalue weighted by Gasteiger charge is 2.21. The third-order valence-electron chi connectivity index (χ3n) is 5.83. The number of nitrogens with one attached hydrogen (secondary N) is 2. The lowest BCUT2D eigenvalue weighted by molar-refractivity contribution is 0.0734. The number of aromatic amines is 1. The highest BCUT2D eigenvalue weighted by Crippen LogP contribution is 2.37. The number of carbonyl (C=O) groups excluding carboxylic acids is 2. The van der Waals surface area contributed by atoms with Crippen LogP contribution in [-0.2, 0) is 0 Å². The fourth-order valence-electron chi connectivity index (χ4n) is 4.05. The lowest BCUT2D eigenvalue weighted by Crippen LogP contribution is -2.19. The molecule has 0 saturated carbocycles. The van der Waals surface area contributed by atoms with Crippen molar-refractivity contribution in [1.29, 1.82) is 0 Å². The normalized spacial score (nSPS) is 11.1. The number of nitrogens with zero attached hydrogens (tertiary/aromatic N) is 1. The number of esters is 1. The van der Waals surface area contributed by atoms with Gasteiger partial charge in [-0.05, 0) is 49.4 Å². The largest absolute Gasteiger partial charge is 0.422 e. The molecule has 0 unspecified atom stereocenters. The Kier molecular flexibility index (Phi) is 6.83. The number of fused-ring (bicyclic) bond motifs is 1. The van der Waals surface area contributed by atoms with Gasteiger partial charge in [-0.25, -0.2) is 10.2 Å². The van der Waals surface area contributed by atoms with Gasteiger partial charge >= 0.3 is 5.97 Å². The summed E-state index contributed by atoms with van der Waals surface area (Å²) >= 11 is 6.50. The second-order valence-electron chi connectivity index (χ2n) is 8.40. The highest BCUT2D eigenvalue weighted by molar-refractivity contribution is 6.34. The summed E-state index contributed by atoms with van der Waals surface area (Å²) in [5.41, 5.74) is 7.21. The first kappa shape index (κ1) is 24.0. The number of halogens is 1. The van der Waals surface area contributed by atoms with Crippen LogP contribution in [0.2, 0.25) is 5.02 Å². The van der Waals surface area contributed by atoms with E-state index in [1.807, 2.05) is 49.4 Å². The maximum atomic E-state index is 13.3. The zero-order valence-corrected chi connectivity index (χ0v) is 20.6. The second-order valence-corrected chi connectivity index (χ2v) is 8.80. The van der Waals surface area contributed by atoms with Gasteiger partial charge < -0.3 is 9.72 Å². The number of amides is 1. The van der Waals surface area contributed by atoms with Crippen molar-refractivity contribution >= 4 is 40.6 Å². The third-order valence-corrected chi connectivity index (χ3v) is 6.15. The summed E-state index contributed by atoms with van der Waals surface area (Å²) in [6, 6.07) is 29.0. The molecule has 2 N–H and O–H groups in total. The smallest absolute Gasteiger partial charge is 0.343 e. The monoisotopic (exact) mass is 507 g/mol. The molecule has 1 amide bonds. The fourth-order valence-corrected chi connectivity index (χ4v) is 4.28. The van der Waals surface area contributed by atoms with Crippen LogP contribution in [0.25, 0.3) is 22.0 Å². The number of hydrogen-bond acceptors (Lipinski definition) is 4. The number of carbonyl (C=O) groups is 2. The van der Waals surface area contributed by atoms with Gasteiger partial charge in [-0.1, -0.05) is 71.8 Å². The van der Waals surface area contributed by atoms with Crippen molar-refractivity contribution < 1.29 is 14.3 Å². The van der Waals surface area contributed by atoms with Crippen molar-refractivity contribution in [3.05, 3.63) is 124 Å². The molecule has 0 aliphatic carbocycles. The quantitative estimate of drug-likeness (QED) is 0.115. The van der Waals surface area contributed by atoms with E-state index in [0.717, 1.165) is 22.0 Å².